The van der Waals surface area contributed by atoms with E-state index < -0.39 is 11.8 Å². The molecule has 0 fully saturated rings. The van der Waals surface area contributed by atoms with Crippen LogP contribution in [0.5, 0.6) is 0 Å². The number of hydrogen-bond acceptors (Lipinski definition) is 2. The van der Waals surface area contributed by atoms with Gasteiger partial charge in [-0.25, -0.2) is 0 Å². The summed E-state index contributed by atoms with van der Waals surface area (Å²) in [4.78, 5) is 23.5. The lowest BCUT2D eigenvalue weighted by atomic mass is 10.2. The van der Waals surface area contributed by atoms with E-state index in [0.717, 1.165) is 10.0 Å². The molecule has 0 atom stereocenters. The number of carbonyl (C=O) groups is 2. The number of hydrogen-bond donors (Lipinski definition) is 2. The van der Waals surface area contributed by atoms with Gasteiger partial charge in [0.15, 0.2) is 0 Å². The van der Waals surface area contributed by atoms with E-state index in [-0.39, 0.29) is 0 Å². The average molecular weight is 380 g/mol. The molecule has 2 aromatic rings. The van der Waals surface area contributed by atoms with E-state index in [0.29, 0.717) is 10.6 Å². The van der Waals surface area contributed by atoms with Crippen LogP contribution in [0.25, 0.3) is 6.08 Å². The molecule has 0 unspecified atom stereocenters. The highest BCUT2D eigenvalue weighted by atomic mass is 79.9. The second-order valence-corrected chi connectivity index (χ2v) is 5.69. The lowest BCUT2D eigenvalue weighted by Gasteiger charge is -2.05. The molecule has 2 N–H and O–H groups in total. The third-order valence-electron chi connectivity index (χ3n) is 2.66. The molecule has 0 heterocycles. The highest BCUT2D eigenvalue weighted by Crippen LogP contribution is 2.12. The van der Waals surface area contributed by atoms with Crippen molar-refractivity contribution in [2.45, 2.75) is 0 Å². The Balaban J connectivity index is 1.89. The number of rotatable bonds is 3. The highest BCUT2D eigenvalue weighted by Gasteiger charge is 2.06. The number of halogens is 2. The molecule has 0 aliphatic rings. The van der Waals surface area contributed by atoms with Gasteiger partial charge in [0, 0.05) is 21.1 Å². The summed E-state index contributed by atoms with van der Waals surface area (Å²) in [7, 11) is 0. The zero-order chi connectivity index (χ0) is 15.9. The number of benzene rings is 2. The van der Waals surface area contributed by atoms with E-state index in [1.165, 1.54) is 12.1 Å². The molecule has 0 saturated carbocycles. The Bertz CT molecular complexity index is 732. The summed E-state index contributed by atoms with van der Waals surface area (Å²) in [6.45, 7) is 0. The summed E-state index contributed by atoms with van der Waals surface area (Å²) in [5.41, 5.74) is 5.85. The lowest BCUT2D eigenvalue weighted by Crippen LogP contribution is -2.40. The maximum Gasteiger partial charge on any atom is 0.269 e. The van der Waals surface area contributed by atoms with Gasteiger partial charge in [-0.2, -0.15) is 0 Å². The van der Waals surface area contributed by atoms with Gasteiger partial charge in [0.25, 0.3) is 11.8 Å². The van der Waals surface area contributed by atoms with Crippen LogP contribution >= 0.6 is 27.5 Å². The molecule has 0 spiro atoms. The largest absolute Gasteiger partial charge is 0.269 e. The van der Waals surface area contributed by atoms with E-state index in [9.17, 15) is 9.59 Å². The Morgan fingerprint density at radius 3 is 2.55 bits per heavy atom. The maximum absolute atomic E-state index is 11.8. The first-order valence-corrected chi connectivity index (χ1v) is 7.51. The van der Waals surface area contributed by atoms with Gasteiger partial charge in [-0.15, -0.1) is 0 Å². The van der Waals surface area contributed by atoms with Gasteiger partial charge in [-0.05, 0) is 42.0 Å². The van der Waals surface area contributed by atoms with Crippen LogP contribution < -0.4 is 10.9 Å². The third-order valence-corrected chi connectivity index (χ3v) is 3.39. The van der Waals surface area contributed by atoms with Gasteiger partial charge in [0.1, 0.15) is 0 Å². The first-order valence-electron chi connectivity index (χ1n) is 6.34. The second-order valence-electron chi connectivity index (χ2n) is 4.34. The second kappa shape index (κ2) is 7.77. The molecule has 0 bridgehead atoms. The Morgan fingerprint density at radius 2 is 1.82 bits per heavy atom. The van der Waals surface area contributed by atoms with Crippen molar-refractivity contribution in [1.29, 1.82) is 0 Å². The van der Waals surface area contributed by atoms with Crippen molar-refractivity contribution in [3.63, 3.8) is 0 Å². The smallest absolute Gasteiger partial charge is 0.268 e. The summed E-state index contributed by atoms with van der Waals surface area (Å²) in [5.74, 6) is -0.873. The molecule has 2 amide bonds. The topological polar surface area (TPSA) is 58.2 Å². The van der Waals surface area contributed by atoms with Crippen molar-refractivity contribution in [3.8, 4) is 0 Å². The standard InChI is InChI=1S/C16H12BrClN2O2/c17-13-5-1-3-11(9-13)7-8-15(21)19-20-16(22)12-4-2-6-14(18)10-12/h1-10H,(H,19,21)(H,20,22)/b8-7+. The highest BCUT2D eigenvalue weighted by molar-refractivity contribution is 9.10. The van der Waals surface area contributed by atoms with Crippen molar-refractivity contribution >= 4 is 45.4 Å². The summed E-state index contributed by atoms with van der Waals surface area (Å²) in [6.07, 6.45) is 2.98. The molecule has 112 valence electrons. The fraction of sp³-hybridized carbons (Fsp3) is 0. The van der Waals surface area contributed by atoms with Gasteiger partial charge < -0.3 is 0 Å². The summed E-state index contributed by atoms with van der Waals surface area (Å²) >= 11 is 9.15. The minimum atomic E-state index is -0.438. The van der Waals surface area contributed by atoms with E-state index >= 15 is 0 Å². The van der Waals surface area contributed by atoms with Crippen molar-refractivity contribution in [2.24, 2.45) is 0 Å². The van der Waals surface area contributed by atoms with E-state index in [4.69, 9.17) is 11.6 Å². The number of nitrogens with one attached hydrogen (secondary N) is 2. The predicted octanol–water partition coefficient (Wildman–Crippen LogP) is 3.58. The summed E-state index contributed by atoms with van der Waals surface area (Å²) in [6, 6.07) is 13.9. The molecule has 4 nitrogen and oxygen atoms in total. The molecular weight excluding hydrogens is 368 g/mol. The van der Waals surface area contributed by atoms with Crippen molar-refractivity contribution in [2.75, 3.05) is 0 Å². The third kappa shape index (κ3) is 5.02. The van der Waals surface area contributed by atoms with E-state index in [1.54, 1.807) is 24.3 Å². The van der Waals surface area contributed by atoms with Crippen LogP contribution in [0.3, 0.4) is 0 Å². The van der Waals surface area contributed by atoms with Crippen LogP contribution in [0.15, 0.2) is 59.1 Å². The molecular formula is C16H12BrClN2O2. The fourth-order valence-electron chi connectivity index (χ4n) is 1.64. The van der Waals surface area contributed by atoms with Gasteiger partial charge in [0.2, 0.25) is 0 Å². The number of hydrazine groups is 1. The van der Waals surface area contributed by atoms with E-state index in [2.05, 4.69) is 26.8 Å². The zero-order valence-electron chi connectivity index (χ0n) is 11.3. The first-order chi connectivity index (χ1) is 10.5. The molecule has 0 radical (unpaired) electrons. The Hall–Kier alpha value is -2.11. The van der Waals surface area contributed by atoms with Crippen molar-refractivity contribution in [1.82, 2.24) is 10.9 Å². The molecule has 0 aromatic heterocycles. The molecule has 0 aliphatic carbocycles. The normalized spacial score (nSPS) is 10.5. The Kier molecular flexibility index (Phi) is 5.75. The monoisotopic (exact) mass is 378 g/mol. The molecule has 0 aliphatic heterocycles. The minimum Gasteiger partial charge on any atom is -0.268 e. The van der Waals surface area contributed by atoms with Gasteiger partial charge in [-0.3, -0.25) is 20.4 Å². The molecule has 2 aromatic carbocycles. The van der Waals surface area contributed by atoms with Crippen LogP contribution in [-0.4, -0.2) is 11.8 Å². The minimum absolute atomic E-state index is 0.365. The first kappa shape index (κ1) is 16.3. The van der Waals surface area contributed by atoms with Crippen LogP contribution in [0.4, 0.5) is 0 Å². The SMILES string of the molecule is O=C(/C=C/c1cccc(Br)c1)NNC(=O)c1cccc(Cl)c1. The Labute approximate surface area is 141 Å². The van der Waals surface area contributed by atoms with Crippen LogP contribution in [0.1, 0.15) is 15.9 Å². The molecule has 0 saturated heterocycles. The molecule has 2 rings (SSSR count). The predicted molar refractivity (Wildman–Crippen MR) is 90.2 cm³/mol. The van der Waals surface area contributed by atoms with Gasteiger partial charge in [-0.1, -0.05) is 45.7 Å². The number of carbonyl (C=O) groups excluding carboxylic acids is 2. The van der Waals surface area contributed by atoms with Crippen molar-refractivity contribution < 1.29 is 9.59 Å². The maximum atomic E-state index is 11.8. The van der Waals surface area contributed by atoms with Gasteiger partial charge in [0.05, 0.1) is 0 Å². The number of amides is 2. The molecule has 6 heteroatoms. The Morgan fingerprint density at radius 1 is 1.05 bits per heavy atom. The van der Waals surface area contributed by atoms with Gasteiger partial charge >= 0.3 is 0 Å². The fourth-order valence-corrected chi connectivity index (χ4v) is 2.25. The van der Waals surface area contributed by atoms with Crippen molar-refractivity contribution in [3.05, 3.63) is 75.2 Å². The quantitative estimate of drug-likeness (QED) is 0.632. The van der Waals surface area contributed by atoms with Crippen LogP contribution in [0.2, 0.25) is 5.02 Å². The van der Waals surface area contributed by atoms with Crippen LogP contribution in [-0.2, 0) is 4.79 Å². The zero-order valence-corrected chi connectivity index (χ0v) is 13.7. The summed E-state index contributed by atoms with van der Waals surface area (Å²) < 4.78 is 0.921. The lowest BCUT2D eigenvalue weighted by molar-refractivity contribution is -0.117. The average Bonchev–Trinajstić information content (AvgIpc) is 2.50. The van der Waals surface area contributed by atoms with Crippen LogP contribution in [0, 0.1) is 0 Å². The summed E-state index contributed by atoms with van der Waals surface area (Å²) in [5, 5.41) is 0.452. The van der Waals surface area contributed by atoms with E-state index in [1.807, 2.05) is 24.3 Å². The molecule has 22 heavy (non-hydrogen) atoms.